The maximum absolute atomic E-state index is 10.5. The minimum absolute atomic E-state index is 0.599. The van der Waals surface area contributed by atoms with Crippen molar-refractivity contribution in [1.29, 1.82) is 0 Å². The predicted molar refractivity (Wildman–Crippen MR) is 77.1 cm³/mol. The summed E-state index contributed by atoms with van der Waals surface area (Å²) in [6.45, 7) is 0. The van der Waals surface area contributed by atoms with Crippen LogP contribution in [-0.4, -0.2) is 24.3 Å². The third-order valence-electron chi connectivity index (χ3n) is 2.16. The van der Waals surface area contributed by atoms with Gasteiger partial charge in [-0.25, -0.2) is 5.84 Å². The number of amides is 1. The largest absolute Gasteiger partial charge is 0.277 e. The van der Waals surface area contributed by atoms with Crippen molar-refractivity contribution in [2.45, 2.75) is 11.4 Å². The summed E-state index contributed by atoms with van der Waals surface area (Å²) >= 11 is -3.12. The minimum atomic E-state index is -3.12. The monoisotopic (exact) mass is 324 g/mol. The predicted octanol–water partition coefficient (Wildman–Crippen LogP) is 1.79. The second-order valence-corrected chi connectivity index (χ2v) is 9.73. The molecule has 0 saturated heterocycles. The Balaban J connectivity index is 0.000000312. The Kier molecular flexibility index (Phi) is 5.36. The summed E-state index contributed by atoms with van der Waals surface area (Å²) in [4.78, 5) is 10.5. The van der Waals surface area contributed by atoms with Gasteiger partial charge in [0.15, 0.2) is 0 Å². The average Bonchev–Trinajstić information content (AvgIpc) is 2.35. The number of rotatable bonds is 2. The van der Waals surface area contributed by atoms with Crippen molar-refractivity contribution in [2.24, 2.45) is 5.84 Å². The zero-order chi connectivity index (χ0) is 14.5. The Morgan fingerprint density at radius 1 is 1.16 bits per heavy atom. The fourth-order valence-electron chi connectivity index (χ4n) is 1.49. The van der Waals surface area contributed by atoms with E-state index in [1.807, 2.05) is 42.5 Å². The molecule has 0 bridgehead atoms. The van der Waals surface area contributed by atoms with Gasteiger partial charge in [0.05, 0.1) is 5.69 Å². The van der Waals surface area contributed by atoms with Crippen LogP contribution < -0.4 is 10.9 Å². The Hall–Kier alpha value is -1.55. The first-order valence-corrected chi connectivity index (χ1v) is 10.9. The van der Waals surface area contributed by atoms with E-state index in [-0.39, 0.29) is 0 Å². The van der Waals surface area contributed by atoms with Crippen LogP contribution in [0.25, 0.3) is 10.8 Å². The minimum Gasteiger partial charge on any atom is -0.277 e. The fraction of sp³-hybridized carbons (Fsp3) is 0.154. The van der Waals surface area contributed by atoms with Crippen LogP contribution in [0.4, 0.5) is 5.69 Å². The molecule has 102 valence electrons. The molecule has 5 nitrogen and oxygen atoms in total. The summed E-state index contributed by atoms with van der Waals surface area (Å²) in [7, 11) is 0. The van der Waals surface area contributed by atoms with Gasteiger partial charge in [-0.1, -0.05) is 36.4 Å². The molecule has 0 radical (unpaired) electrons. The topological polar surface area (TPSA) is 83.6 Å². The smallest absolute Gasteiger partial charge is 0.228 e. The van der Waals surface area contributed by atoms with Crippen molar-refractivity contribution in [3.8, 4) is 0 Å². The summed E-state index contributed by atoms with van der Waals surface area (Å²) in [5, 5.41) is 3.13. The number of carbonyl (C=O) groups excluding carboxylic acids is 1. The van der Waals surface area contributed by atoms with E-state index < -0.39 is 13.8 Å². The summed E-state index contributed by atoms with van der Waals surface area (Å²) in [5.41, 5.74) is 3.44. The number of carbonyl (C=O) groups is 1. The fourth-order valence-corrected chi connectivity index (χ4v) is 1.49. The van der Waals surface area contributed by atoms with E-state index in [0.717, 1.165) is 21.5 Å². The van der Waals surface area contributed by atoms with Gasteiger partial charge in [-0.2, -0.15) is 0 Å². The molecule has 0 aliphatic rings. The number of fused-ring (bicyclic) bond motifs is 1. The van der Waals surface area contributed by atoms with Gasteiger partial charge in [0.1, 0.15) is 0 Å². The number of benzene rings is 2. The van der Waals surface area contributed by atoms with Crippen molar-refractivity contribution in [3.63, 3.8) is 0 Å². The van der Waals surface area contributed by atoms with Crippen molar-refractivity contribution in [2.75, 3.05) is 5.01 Å². The quantitative estimate of drug-likeness (QED) is 0.290. The van der Waals surface area contributed by atoms with E-state index in [0.29, 0.717) is 6.41 Å². The number of hydrogen-bond donors (Lipinski definition) is 2. The van der Waals surface area contributed by atoms with E-state index >= 15 is 0 Å². The van der Waals surface area contributed by atoms with Gasteiger partial charge >= 0.3 is 33.1 Å². The van der Waals surface area contributed by atoms with E-state index in [4.69, 9.17) is 9.94 Å². The molecule has 19 heavy (non-hydrogen) atoms. The number of nitrogens with two attached hydrogens (primary N) is 1. The molecule has 2 aromatic rings. The Bertz CT molecular complexity index is 596. The first kappa shape index (κ1) is 15.5. The van der Waals surface area contributed by atoms with Gasteiger partial charge in [-0.05, 0) is 11.5 Å². The molecule has 2 aromatic carbocycles. The summed E-state index contributed by atoms with van der Waals surface area (Å²) in [5.74, 6) is 5.53. The third kappa shape index (κ3) is 5.30. The molecule has 3 N–H and O–H groups in total. The van der Waals surface area contributed by atoms with Gasteiger partial charge in [-0.3, -0.25) is 9.80 Å². The van der Waals surface area contributed by atoms with Crippen LogP contribution in [0.3, 0.4) is 0 Å². The van der Waals surface area contributed by atoms with Gasteiger partial charge in [0.2, 0.25) is 6.41 Å². The molecule has 0 atom stereocenters. The summed E-state index contributed by atoms with van der Waals surface area (Å²) < 4.78 is 18.0. The molecular formula is C13H17AsN2O3. The molecule has 0 spiro atoms. The molecule has 0 fully saturated rings. The van der Waals surface area contributed by atoms with Crippen LogP contribution in [0.1, 0.15) is 0 Å². The normalized spacial score (nSPS) is 10.5. The van der Waals surface area contributed by atoms with Crippen LogP contribution in [0, 0.1) is 0 Å². The van der Waals surface area contributed by atoms with Crippen molar-refractivity contribution in [3.05, 3.63) is 42.5 Å². The zero-order valence-electron chi connectivity index (χ0n) is 10.9. The Labute approximate surface area is 114 Å². The number of anilines is 1. The molecule has 1 amide bonds. The molecule has 0 aliphatic carbocycles. The Morgan fingerprint density at radius 3 is 2.26 bits per heavy atom. The van der Waals surface area contributed by atoms with Gasteiger partial charge in [-0.15, -0.1) is 0 Å². The van der Waals surface area contributed by atoms with Crippen LogP contribution in [0.5, 0.6) is 0 Å². The second kappa shape index (κ2) is 6.57. The Morgan fingerprint density at radius 2 is 1.68 bits per heavy atom. The molecule has 0 unspecified atom stereocenters. The molecular weight excluding hydrogens is 307 g/mol. The molecule has 2 rings (SSSR count). The molecule has 0 saturated carbocycles. The van der Waals surface area contributed by atoms with E-state index in [9.17, 15) is 8.53 Å². The van der Waals surface area contributed by atoms with Crippen molar-refractivity contribution in [1.82, 2.24) is 0 Å². The number of nitrogens with zero attached hydrogens (tertiary/aromatic N) is 1. The molecule has 6 heteroatoms. The summed E-state index contributed by atoms with van der Waals surface area (Å²) in [6.07, 6.45) is 0.599. The molecule has 0 aromatic heterocycles. The first-order valence-electron chi connectivity index (χ1n) is 5.57. The standard InChI is InChI=1S/C11H10N2O.C2H7AsO2/c12-13(8-14)11-7-3-5-9-4-1-2-6-10(9)11;1-3(2,4)5/h1-8H,12H2;1-2H3,(H,4,5). The zero-order valence-corrected chi connectivity index (χ0v) is 12.7. The first-order chi connectivity index (χ1) is 8.83. The average molecular weight is 324 g/mol. The van der Waals surface area contributed by atoms with Gasteiger partial charge < -0.3 is 0 Å². The van der Waals surface area contributed by atoms with Gasteiger partial charge in [0, 0.05) is 5.39 Å². The van der Waals surface area contributed by atoms with E-state index in [1.54, 1.807) is 0 Å². The SMILES string of the molecule is C[As](C)(=O)O.NN(C=O)c1cccc2ccccc12. The third-order valence-corrected chi connectivity index (χ3v) is 2.16. The van der Waals surface area contributed by atoms with E-state index in [2.05, 4.69) is 0 Å². The van der Waals surface area contributed by atoms with Crippen LogP contribution in [0.15, 0.2) is 42.5 Å². The number of hydrazine groups is 1. The van der Waals surface area contributed by atoms with Crippen LogP contribution in [-0.2, 0) is 8.53 Å². The van der Waals surface area contributed by atoms with Crippen molar-refractivity contribution >= 4 is 36.7 Å². The maximum atomic E-state index is 10.5. The van der Waals surface area contributed by atoms with E-state index in [1.165, 1.54) is 11.4 Å². The van der Waals surface area contributed by atoms with Crippen molar-refractivity contribution < 1.29 is 12.6 Å². The van der Waals surface area contributed by atoms with Crippen LogP contribution in [0.2, 0.25) is 11.4 Å². The van der Waals surface area contributed by atoms with Gasteiger partial charge in [0.25, 0.3) is 0 Å². The second-order valence-electron chi connectivity index (χ2n) is 4.30. The molecule has 0 heterocycles. The maximum Gasteiger partial charge on any atom is 0.228 e. The molecule has 0 aliphatic heterocycles. The van der Waals surface area contributed by atoms with Crippen LogP contribution >= 0.6 is 0 Å². The summed E-state index contributed by atoms with van der Waals surface area (Å²) in [6, 6.07) is 13.5. The number of hydrogen-bond acceptors (Lipinski definition) is 3.